The summed E-state index contributed by atoms with van der Waals surface area (Å²) in [5.74, 6) is 6.00. The van der Waals surface area contributed by atoms with Gasteiger partial charge in [-0.2, -0.15) is 0 Å². The third-order valence-corrected chi connectivity index (χ3v) is 3.94. The number of hydrogen-bond donors (Lipinski definition) is 2. The molecule has 2 rings (SSSR count). The van der Waals surface area contributed by atoms with E-state index in [0.717, 1.165) is 5.56 Å². The Bertz CT molecular complexity index is 550. The van der Waals surface area contributed by atoms with Gasteiger partial charge in [-0.3, -0.25) is 4.79 Å². The second-order valence-corrected chi connectivity index (χ2v) is 5.46. The SMILES string of the molecule is Cc1ccc(C(=O)NC(C)C2CCC2)c(C#CCO)c1. The highest BCUT2D eigenvalue weighted by Gasteiger charge is 2.25. The maximum absolute atomic E-state index is 12.4. The van der Waals surface area contributed by atoms with Crippen molar-refractivity contribution in [2.45, 2.75) is 39.2 Å². The van der Waals surface area contributed by atoms with Crippen molar-refractivity contribution in [2.24, 2.45) is 5.92 Å². The van der Waals surface area contributed by atoms with Crippen LogP contribution in [0, 0.1) is 24.7 Å². The summed E-state index contributed by atoms with van der Waals surface area (Å²) >= 11 is 0. The minimum atomic E-state index is -0.201. The Morgan fingerprint density at radius 3 is 2.85 bits per heavy atom. The molecular weight excluding hydrogens is 250 g/mol. The molecule has 1 atom stereocenters. The van der Waals surface area contributed by atoms with Gasteiger partial charge in [0.1, 0.15) is 6.61 Å². The minimum absolute atomic E-state index is 0.0772. The van der Waals surface area contributed by atoms with Crippen LogP contribution in [0.15, 0.2) is 18.2 Å². The van der Waals surface area contributed by atoms with Gasteiger partial charge in [-0.15, -0.1) is 0 Å². The third kappa shape index (κ3) is 3.40. The second-order valence-electron chi connectivity index (χ2n) is 5.46. The molecule has 106 valence electrons. The van der Waals surface area contributed by atoms with Crippen molar-refractivity contribution in [2.75, 3.05) is 6.61 Å². The van der Waals surface area contributed by atoms with Crippen LogP contribution in [-0.2, 0) is 0 Å². The molecule has 1 aliphatic rings. The summed E-state index contributed by atoms with van der Waals surface area (Å²) in [4.78, 5) is 12.4. The number of rotatable bonds is 3. The van der Waals surface area contributed by atoms with E-state index in [4.69, 9.17) is 5.11 Å². The lowest BCUT2D eigenvalue weighted by atomic mass is 9.80. The van der Waals surface area contributed by atoms with E-state index in [-0.39, 0.29) is 18.6 Å². The number of carbonyl (C=O) groups excluding carboxylic acids is 1. The van der Waals surface area contributed by atoms with Gasteiger partial charge in [0.05, 0.1) is 5.56 Å². The van der Waals surface area contributed by atoms with Crippen molar-refractivity contribution in [3.63, 3.8) is 0 Å². The number of aliphatic hydroxyl groups is 1. The first-order valence-electron chi connectivity index (χ1n) is 7.13. The fourth-order valence-electron chi connectivity index (χ4n) is 2.44. The average Bonchev–Trinajstić information content (AvgIpc) is 2.33. The van der Waals surface area contributed by atoms with Crippen molar-refractivity contribution < 1.29 is 9.90 Å². The Hall–Kier alpha value is -1.79. The summed E-state index contributed by atoms with van der Waals surface area (Å²) in [6.07, 6.45) is 3.67. The fourth-order valence-corrected chi connectivity index (χ4v) is 2.44. The van der Waals surface area contributed by atoms with E-state index in [2.05, 4.69) is 24.1 Å². The summed E-state index contributed by atoms with van der Waals surface area (Å²) in [6.45, 7) is 3.82. The Kier molecular flexibility index (Phi) is 4.81. The number of carbonyl (C=O) groups is 1. The van der Waals surface area contributed by atoms with Gasteiger partial charge < -0.3 is 10.4 Å². The fraction of sp³-hybridized carbons (Fsp3) is 0.471. The normalized spacial score (nSPS) is 15.8. The van der Waals surface area contributed by atoms with Crippen LogP contribution in [-0.4, -0.2) is 23.7 Å². The summed E-state index contributed by atoms with van der Waals surface area (Å²) in [5, 5.41) is 11.9. The van der Waals surface area contributed by atoms with Crippen molar-refractivity contribution in [1.82, 2.24) is 5.32 Å². The summed E-state index contributed by atoms with van der Waals surface area (Å²) in [7, 11) is 0. The third-order valence-electron chi connectivity index (χ3n) is 3.94. The molecule has 1 aromatic carbocycles. The zero-order chi connectivity index (χ0) is 14.5. The molecule has 20 heavy (non-hydrogen) atoms. The molecule has 1 aliphatic carbocycles. The van der Waals surface area contributed by atoms with E-state index >= 15 is 0 Å². The van der Waals surface area contributed by atoms with E-state index in [9.17, 15) is 4.79 Å². The second kappa shape index (κ2) is 6.58. The molecule has 3 nitrogen and oxygen atoms in total. The maximum atomic E-state index is 12.4. The number of aryl methyl sites for hydroxylation is 1. The van der Waals surface area contributed by atoms with Gasteiger partial charge >= 0.3 is 0 Å². The molecule has 0 saturated heterocycles. The van der Waals surface area contributed by atoms with Crippen LogP contribution in [0.4, 0.5) is 0 Å². The van der Waals surface area contributed by atoms with Crippen LogP contribution in [0.5, 0.6) is 0 Å². The Morgan fingerprint density at radius 1 is 1.50 bits per heavy atom. The van der Waals surface area contributed by atoms with Crippen molar-refractivity contribution in [1.29, 1.82) is 0 Å². The Balaban J connectivity index is 2.15. The minimum Gasteiger partial charge on any atom is -0.384 e. The number of nitrogens with one attached hydrogen (secondary N) is 1. The van der Waals surface area contributed by atoms with Crippen molar-refractivity contribution in [3.8, 4) is 11.8 Å². The first kappa shape index (κ1) is 14.6. The van der Waals surface area contributed by atoms with Gasteiger partial charge in [-0.05, 0) is 50.3 Å². The lowest BCUT2D eigenvalue weighted by Crippen LogP contribution is -2.40. The largest absolute Gasteiger partial charge is 0.384 e. The molecule has 0 aliphatic heterocycles. The van der Waals surface area contributed by atoms with Crippen molar-refractivity contribution in [3.05, 3.63) is 34.9 Å². The predicted molar refractivity (Wildman–Crippen MR) is 79.4 cm³/mol. The van der Waals surface area contributed by atoms with E-state index in [0.29, 0.717) is 17.0 Å². The Labute approximate surface area is 120 Å². The summed E-state index contributed by atoms with van der Waals surface area (Å²) < 4.78 is 0. The highest BCUT2D eigenvalue weighted by Crippen LogP contribution is 2.29. The summed E-state index contributed by atoms with van der Waals surface area (Å²) in [5.41, 5.74) is 2.32. The molecule has 1 saturated carbocycles. The first-order valence-corrected chi connectivity index (χ1v) is 7.13. The zero-order valence-electron chi connectivity index (χ0n) is 12.1. The molecule has 0 bridgehead atoms. The number of hydrogen-bond acceptors (Lipinski definition) is 2. The molecule has 1 unspecified atom stereocenters. The number of benzene rings is 1. The van der Waals surface area contributed by atoms with Crippen LogP contribution < -0.4 is 5.32 Å². The maximum Gasteiger partial charge on any atom is 0.252 e. The molecule has 0 radical (unpaired) electrons. The molecule has 0 aromatic heterocycles. The van der Waals surface area contributed by atoms with E-state index in [1.54, 1.807) is 6.07 Å². The predicted octanol–water partition coefficient (Wildman–Crippen LogP) is 2.26. The van der Waals surface area contributed by atoms with Gasteiger partial charge in [0.25, 0.3) is 5.91 Å². The lowest BCUT2D eigenvalue weighted by Gasteiger charge is -2.32. The van der Waals surface area contributed by atoms with Crippen LogP contribution in [0.3, 0.4) is 0 Å². The molecule has 0 heterocycles. The van der Waals surface area contributed by atoms with Gasteiger partial charge in [-0.1, -0.05) is 24.3 Å². The number of aliphatic hydroxyl groups excluding tert-OH is 1. The van der Waals surface area contributed by atoms with E-state index in [1.807, 2.05) is 19.1 Å². The highest BCUT2D eigenvalue weighted by atomic mass is 16.2. The van der Waals surface area contributed by atoms with E-state index in [1.165, 1.54) is 19.3 Å². The molecule has 1 aromatic rings. The smallest absolute Gasteiger partial charge is 0.252 e. The highest BCUT2D eigenvalue weighted by molar-refractivity contribution is 5.97. The molecule has 2 N–H and O–H groups in total. The van der Waals surface area contributed by atoms with Gasteiger partial charge in [0.2, 0.25) is 0 Å². The van der Waals surface area contributed by atoms with Crippen LogP contribution in [0.1, 0.15) is 47.7 Å². The molecule has 1 amide bonds. The Morgan fingerprint density at radius 2 is 2.25 bits per heavy atom. The van der Waals surface area contributed by atoms with Gasteiger partial charge in [-0.25, -0.2) is 0 Å². The monoisotopic (exact) mass is 271 g/mol. The molecule has 3 heteroatoms. The van der Waals surface area contributed by atoms with Crippen LogP contribution in [0.25, 0.3) is 0 Å². The zero-order valence-corrected chi connectivity index (χ0v) is 12.1. The summed E-state index contributed by atoms with van der Waals surface area (Å²) in [6, 6.07) is 5.80. The lowest BCUT2D eigenvalue weighted by molar-refractivity contribution is 0.0909. The first-order chi connectivity index (χ1) is 9.61. The molecule has 1 fully saturated rings. The van der Waals surface area contributed by atoms with Gasteiger partial charge in [0.15, 0.2) is 0 Å². The standard InChI is InChI=1S/C17H21NO2/c1-12-8-9-16(15(11-12)7-4-10-19)17(20)18-13(2)14-5-3-6-14/h8-9,11,13-14,19H,3,5-6,10H2,1-2H3,(H,18,20). The molecular formula is C17H21NO2. The van der Waals surface area contributed by atoms with Crippen molar-refractivity contribution >= 4 is 5.91 Å². The van der Waals surface area contributed by atoms with Gasteiger partial charge in [0, 0.05) is 11.6 Å². The molecule has 0 spiro atoms. The number of amides is 1. The quantitative estimate of drug-likeness (QED) is 0.828. The average molecular weight is 271 g/mol. The van der Waals surface area contributed by atoms with Crippen LogP contribution >= 0.6 is 0 Å². The van der Waals surface area contributed by atoms with Crippen LogP contribution in [0.2, 0.25) is 0 Å². The van der Waals surface area contributed by atoms with E-state index < -0.39 is 0 Å². The topological polar surface area (TPSA) is 49.3 Å².